The Bertz CT molecular complexity index is 507. The van der Waals surface area contributed by atoms with E-state index < -0.39 is 0 Å². The molecule has 1 aliphatic carbocycles. The summed E-state index contributed by atoms with van der Waals surface area (Å²) in [5.41, 5.74) is 7.19. The van der Waals surface area contributed by atoms with E-state index in [1.165, 1.54) is 35.4 Å². The fraction of sp³-hybridized carbons (Fsp3) is 0.562. The number of thiazole rings is 1. The van der Waals surface area contributed by atoms with E-state index >= 15 is 0 Å². The molecule has 2 nitrogen and oxygen atoms in total. The zero-order valence-electron chi connectivity index (χ0n) is 11.5. The van der Waals surface area contributed by atoms with Crippen molar-refractivity contribution in [1.82, 2.24) is 4.98 Å². The second-order valence-corrected chi connectivity index (χ2v) is 6.94. The van der Waals surface area contributed by atoms with Crippen LogP contribution < -0.4 is 5.73 Å². The molecule has 1 aromatic carbocycles. The van der Waals surface area contributed by atoms with E-state index in [2.05, 4.69) is 31.2 Å². The Balaban J connectivity index is 1.85. The van der Waals surface area contributed by atoms with Gasteiger partial charge in [0.25, 0.3) is 0 Å². The van der Waals surface area contributed by atoms with Crippen LogP contribution >= 0.6 is 11.3 Å². The molecular weight excluding hydrogens is 252 g/mol. The molecule has 0 amide bonds. The van der Waals surface area contributed by atoms with Crippen LogP contribution in [0.1, 0.15) is 43.5 Å². The van der Waals surface area contributed by atoms with Crippen LogP contribution in [0.25, 0.3) is 10.2 Å². The fourth-order valence-electron chi connectivity index (χ4n) is 3.23. The first kappa shape index (κ1) is 13.1. The lowest BCUT2D eigenvalue weighted by atomic mass is 9.76. The van der Waals surface area contributed by atoms with Crippen LogP contribution in [-0.4, -0.2) is 11.5 Å². The number of benzene rings is 1. The van der Waals surface area contributed by atoms with Gasteiger partial charge < -0.3 is 5.73 Å². The third-order valence-corrected chi connectivity index (χ3v) is 5.68. The molecule has 2 N–H and O–H groups in total. The average molecular weight is 274 g/mol. The molecular formula is C16H22N2S. The van der Waals surface area contributed by atoms with Gasteiger partial charge in [-0.2, -0.15) is 0 Å². The van der Waals surface area contributed by atoms with Gasteiger partial charge in [-0.3, -0.25) is 0 Å². The molecule has 1 fully saturated rings. The minimum atomic E-state index is 0.463. The summed E-state index contributed by atoms with van der Waals surface area (Å²) in [6.45, 7) is 3.10. The molecule has 0 spiro atoms. The van der Waals surface area contributed by atoms with E-state index in [0.29, 0.717) is 5.92 Å². The number of aromatic nitrogens is 1. The van der Waals surface area contributed by atoms with Crippen molar-refractivity contribution >= 4 is 21.6 Å². The smallest absolute Gasteiger partial charge is 0.0984 e. The number of hydrogen-bond donors (Lipinski definition) is 1. The van der Waals surface area contributed by atoms with Crippen molar-refractivity contribution in [1.29, 1.82) is 0 Å². The van der Waals surface area contributed by atoms with Crippen molar-refractivity contribution < 1.29 is 0 Å². The number of nitrogens with zero attached hydrogens (tertiary/aromatic N) is 1. The van der Waals surface area contributed by atoms with Crippen LogP contribution in [-0.2, 0) is 0 Å². The molecule has 0 saturated heterocycles. The maximum absolute atomic E-state index is 6.06. The van der Waals surface area contributed by atoms with E-state index in [1.54, 1.807) is 0 Å². The third kappa shape index (κ3) is 2.67. The topological polar surface area (TPSA) is 38.9 Å². The van der Waals surface area contributed by atoms with Crippen molar-refractivity contribution in [3.63, 3.8) is 0 Å². The molecule has 0 bridgehead atoms. The highest BCUT2D eigenvalue weighted by Gasteiger charge is 2.28. The molecule has 102 valence electrons. The summed E-state index contributed by atoms with van der Waals surface area (Å²) in [4.78, 5) is 4.82. The van der Waals surface area contributed by atoms with Gasteiger partial charge >= 0.3 is 0 Å². The van der Waals surface area contributed by atoms with Gasteiger partial charge in [-0.15, -0.1) is 11.3 Å². The summed E-state index contributed by atoms with van der Waals surface area (Å²) in [5.74, 6) is 2.09. The molecule has 0 radical (unpaired) electrons. The van der Waals surface area contributed by atoms with E-state index in [-0.39, 0.29) is 0 Å². The summed E-state index contributed by atoms with van der Waals surface area (Å²) in [5, 5.41) is 1.25. The van der Waals surface area contributed by atoms with E-state index in [0.717, 1.165) is 23.9 Å². The van der Waals surface area contributed by atoms with Gasteiger partial charge in [-0.1, -0.05) is 31.9 Å². The molecule has 3 rings (SSSR count). The first-order valence-corrected chi connectivity index (χ1v) is 8.15. The molecule has 2 aromatic rings. The zero-order valence-corrected chi connectivity index (χ0v) is 12.3. The van der Waals surface area contributed by atoms with Crippen molar-refractivity contribution in [2.24, 2.45) is 17.6 Å². The molecule has 3 heteroatoms. The molecule has 1 aromatic heterocycles. The first-order chi connectivity index (χ1) is 9.28. The van der Waals surface area contributed by atoms with Crippen molar-refractivity contribution in [3.05, 3.63) is 29.3 Å². The predicted octanol–water partition coefficient (Wildman–Crippen LogP) is 4.16. The first-order valence-electron chi connectivity index (χ1n) is 7.33. The maximum Gasteiger partial charge on any atom is 0.0984 e. The number of nitrogens with two attached hydrogens (primary N) is 1. The summed E-state index contributed by atoms with van der Waals surface area (Å²) >= 11 is 1.83. The minimum Gasteiger partial charge on any atom is -0.330 e. The van der Waals surface area contributed by atoms with Crippen LogP contribution in [0.15, 0.2) is 24.3 Å². The number of fused-ring (bicyclic) bond motifs is 1. The monoisotopic (exact) mass is 274 g/mol. The highest BCUT2D eigenvalue weighted by Crippen LogP contribution is 2.39. The van der Waals surface area contributed by atoms with E-state index in [9.17, 15) is 0 Å². The lowest BCUT2D eigenvalue weighted by molar-refractivity contribution is 0.256. The number of para-hydroxylation sites is 1. The van der Waals surface area contributed by atoms with Crippen LogP contribution in [0.2, 0.25) is 0 Å². The molecule has 1 unspecified atom stereocenters. The lowest BCUT2D eigenvalue weighted by Gasteiger charge is -2.31. The largest absolute Gasteiger partial charge is 0.330 e. The highest BCUT2D eigenvalue weighted by molar-refractivity contribution is 7.18. The fourth-order valence-corrected chi connectivity index (χ4v) is 4.41. The van der Waals surface area contributed by atoms with Crippen molar-refractivity contribution in [3.8, 4) is 0 Å². The average Bonchev–Trinajstić information content (AvgIpc) is 2.85. The third-order valence-electron chi connectivity index (χ3n) is 4.51. The molecule has 1 heterocycles. The Labute approximate surface area is 119 Å². The van der Waals surface area contributed by atoms with E-state index in [1.807, 2.05) is 11.3 Å². The SMILES string of the molecule is CC1CCC(C(CN)c2nc3ccccc3s2)CC1. The number of hydrogen-bond acceptors (Lipinski definition) is 3. The Morgan fingerprint density at radius 1 is 1.26 bits per heavy atom. The molecule has 19 heavy (non-hydrogen) atoms. The van der Waals surface area contributed by atoms with Crippen LogP contribution in [0.3, 0.4) is 0 Å². The minimum absolute atomic E-state index is 0.463. The second kappa shape index (κ2) is 5.59. The second-order valence-electron chi connectivity index (χ2n) is 5.88. The molecule has 1 aliphatic rings. The van der Waals surface area contributed by atoms with Gasteiger partial charge in [-0.05, 0) is 36.8 Å². The van der Waals surface area contributed by atoms with Crippen molar-refractivity contribution in [2.45, 2.75) is 38.5 Å². The van der Waals surface area contributed by atoms with Crippen LogP contribution in [0, 0.1) is 11.8 Å². The van der Waals surface area contributed by atoms with Gasteiger partial charge in [0, 0.05) is 12.5 Å². The molecule has 1 atom stereocenters. The summed E-state index contributed by atoms with van der Waals surface area (Å²) in [6, 6.07) is 8.41. The van der Waals surface area contributed by atoms with Gasteiger partial charge in [0.15, 0.2) is 0 Å². The van der Waals surface area contributed by atoms with Gasteiger partial charge in [-0.25, -0.2) is 4.98 Å². The zero-order chi connectivity index (χ0) is 13.2. The summed E-state index contributed by atoms with van der Waals surface area (Å²) in [6.07, 6.45) is 5.34. The van der Waals surface area contributed by atoms with Crippen LogP contribution in [0.5, 0.6) is 0 Å². The molecule has 0 aliphatic heterocycles. The lowest BCUT2D eigenvalue weighted by Crippen LogP contribution is -2.25. The molecule has 1 saturated carbocycles. The quantitative estimate of drug-likeness (QED) is 0.912. The Kier molecular flexibility index (Phi) is 3.85. The van der Waals surface area contributed by atoms with Crippen LogP contribution in [0.4, 0.5) is 0 Å². The summed E-state index contributed by atoms with van der Waals surface area (Å²) < 4.78 is 1.29. The van der Waals surface area contributed by atoms with E-state index in [4.69, 9.17) is 10.7 Å². The van der Waals surface area contributed by atoms with Crippen molar-refractivity contribution in [2.75, 3.05) is 6.54 Å². The Morgan fingerprint density at radius 2 is 2.00 bits per heavy atom. The number of rotatable bonds is 3. The van der Waals surface area contributed by atoms with Gasteiger partial charge in [0.05, 0.1) is 15.2 Å². The normalized spacial score (nSPS) is 25.6. The Morgan fingerprint density at radius 3 is 2.68 bits per heavy atom. The standard InChI is InChI=1S/C16H22N2S/c1-11-6-8-12(9-7-11)13(10-17)16-18-14-4-2-3-5-15(14)19-16/h2-5,11-13H,6-10,17H2,1H3. The summed E-state index contributed by atoms with van der Waals surface area (Å²) in [7, 11) is 0. The van der Waals surface area contributed by atoms with Gasteiger partial charge in [0.1, 0.15) is 0 Å². The van der Waals surface area contributed by atoms with Gasteiger partial charge in [0.2, 0.25) is 0 Å². The Hall–Kier alpha value is -0.930. The maximum atomic E-state index is 6.06. The highest BCUT2D eigenvalue weighted by atomic mass is 32.1. The predicted molar refractivity (Wildman–Crippen MR) is 82.5 cm³/mol.